The van der Waals surface area contributed by atoms with Crippen molar-refractivity contribution in [2.24, 2.45) is 0 Å². The van der Waals surface area contributed by atoms with Crippen LogP contribution in [-0.2, 0) is 19.2 Å². The zero-order valence-electron chi connectivity index (χ0n) is 14.7. The Morgan fingerprint density at radius 2 is 1.48 bits per heavy atom. The van der Waals surface area contributed by atoms with Crippen LogP contribution in [0.1, 0.15) is 57.8 Å². The number of carbonyl (C=O) groups is 3. The molecular weight excluding hydrogens is 320 g/mol. The van der Waals surface area contributed by atoms with E-state index in [1.54, 1.807) is 0 Å². The number of unbranched alkanes of at least 4 members (excludes halogenated alkanes) is 2. The fourth-order valence-corrected chi connectivity index (χ4v) is 2.93. The van der Waals surface area contributed by atoms with Gasteiger partial charge in [0.1, 0.15) is 0 Å². The first-order valence-electron chi connectivity index (χ1n) is 8.75. The second kappa shape index (κ2) is 8.65. The SMILES string of the molecule is C=C(CCCCCC(=O)ON1C(=O)CCC1=O)CN1C(=C)CCC1=C. The van der Waals surface area contributed by atoms with Gasteiger partial charge in [0.25, 0.3) is 11.8 Å². The normalized spacial score (nSPS) is 17.6. The lowest BCUT2D eigenvalue weighted by Gasteiger charge is -2.22. The predicted octanol–water partition coefficient (Wildman–Crippen LogP) is 3.22. The average molecular weight is 346 g/mol. The molecule has 0 aromatic heterocycles. The molecule has 0 spiro atoms. The van der Waals surface area contributed by atoms with Gasteiger partial charge >= 0.3 is 5.97 Å². The van der Waals surface area contributed by atoms with Crippen LogP contribution in [0.2, 0.25) is 0 Å². The van der Waals surface area contributed by atoms with Crippen molar-refractivity contribution in [2.45, 2.75) is 57.8 Å². The molecule has 2 aliphatic rings. The van der Waals surface area contributed by atoms with E-state index in [1.165, 1.54) is 0 Å². The van der Waals surface area contributed by atoms with Gasteiger partial charge in [-0.1, -0.05) is 31.7 Å². The van der Waals surface area contributed by atoms with Crippen LogP contribution in [0.5, 0.6) is 0 Å². The van der Waals surface area contributed by atoms with E-state index in [-0.39, 0.29) is 19.3 Å². The van der Waals surface area contributed by atoms with E-state index in [4.69, 9.17) is 4.84 Å². The lowest BCUT2D eigenvalue weighted by atomic mass is 10.1. The van der Waals surface area contributed by atoms with Gasteiger partial charge in [-0.3, -0.25) is 9.59 Å². The van der Waals surface area contributed by atoms with Crippen LogP contribution in [0.15, 0.2) is 36.7 Å². The number of rotatable bonds is 9. The molecule has 25 heavy (non-hydrogen) atoms. The molecule has 0 bridgehead atoms. The van der Waals surface area contributed by atoms with Gasteiger partial charge in [-0.25, -0.2) is 4.79 Å². The molecule has 2 heterocycles. The maximum atomic E-state index is 11.7. The van der Waals surface area contributed by atoms with Gasteiger partial charge < -0.3 is 9.74 Å². The van der Waals surface area contributed by atoms with E-state index < -0.39 is 17.8 Å². The Morgan fingerprint density at radius 1 is 0.920 bits per heavy atom. The second-order valence-corrected chi connectivity index (χ2v) is 6.57. The highest BCUT2D eigenvalue weighted by Gasteiger charge is 2.32. The summed E-state index contributed by atoms with van der Waals surface area (Å²) in [6.45, 7) is 13.0. The van der Waals surface area contributed by atoms with Gasteiger partial charge in [0, 0.05) is 37.2 Å². The van der Waals surface area contributed by atoms with Crippen LogP contribution in [0.4, 0.5) is 0 Å². The number of hydroxylamine groups is 2. The third-order valence-electron chi connectivity index (χ3n) is 4.46. The maximum absolute atomic E-state index is 11.7. The summed E-state index contributed by atoms with van der Waals surface area (Å²) in [6, 6.07) is 0. The minimum Gasteiger partial charge on any atom is -0.346 e. The van der Waals surface area contributed by atoms with Gasteiger partial charge in [0.15, 0.2) is 0 Å². The quantitative estimate of drug-likeness (QED) is 0.364. The van der Waals surface area contributed by atoms with Crippen LogP contribution < -0.4 is 0 Å². The van der Waals surface area contributed by atoms with E-state index in [0.717, 1.165) is 55.6 Å². The fourth-order valence-electron chi connectivity index (χ4n) is 2.93. The van der Waals surface area contributed by atoms with Crippen LogP contribution >= 0.6 is 0 Å². The zero-order valence-corrected chi connectivity index (χ0v) is 14.7. The summed E-state index contributed by atoms with van der Waals surface area (Å²) < 4.78 is 0. The monoisotopic (exact) mass is 346 g/mol. The molecule has 0 radical (unpaired) electrons. The number of imide groups is 1. The highest BCUT2D eigenvalue weighted by atomic mass is 16.7. The van der Waals surface area contributed by atoms with Crippen molar-refractivity contribution < 1.29 is 19.2 Å². The second-order valence-electron chi connectivity index (χ2n) is 6.57. The van der Waals surface area contributed by atoms with Crippen molar-refractivity contribution in [3.8, 4) is 0 Å². The molecule has 2 rings (SSSR count). The van der Waals surface area contributed by atoms with Crippen molar-refractivity contribution in [3.05, 3.63) is 36.7 Å². The van der Waals surface area contributed by atoms with E-state index in [2.05, 4.69) is 24.6 Å². The first-order chi connectivity index (χ1) is 11.9. The van der Waals surface area contributed by atoms with Crippen LogP contribution in [0, 0.1) is 0 Å². The van der Waals surface area contributed by atoms with Crippen LogP contribution in [-0.4, -0.2) is 34.3 Å². The first-order valence-corrected chi connectivity index (χ1v) is 8.75. The summed E-state index contributed by atoms with van der Waals surface area (Å²) >= 11 is 0. The Morgan fingerprint density at radius 3 is 2.08 bits per heavy atom. The van der Waals surface area contributed by atoms with Gasteiger partial charge in [-0.05, 0) is 32.1 Å². The molecule has 0 saturated carbocycles. The van der Waals surface area contributed by atoms with Gasteiger partial charge in [0.05, 0.1) is 0 Å². The Labute approximate surface area is 148 Å². The third-order valence-corrected chi connectivity index (χ3v) is 4.46. The molecule has 0 atom stereocenters. The van der Waals surface area contributed by atoms with Gasteiger partial charge in [0.2, 0.25) is 0 Å². The number of allylic oxidation sites excluding steroid dienone is 2. The van der Waals surface area contributed by atoms with E-state index in [0.29, 0.717) is 11.5 Å². The fraction of sp³-hybridized carbons (Fsp3) is 0.526. The molecule has 136 valence electrons. The first kappa shape index (κ1) is 19.0. The summed E-state index contributed by atoms with van der Waals surface area (Å²) in [6.07, 6.45) is 5.70. The number of nitrogens with zero attached hydrogens (tertiary/aromatic N) is 2. The van der Waals surface area contributed by atoms with E-state index in [1.807, 2.05) is 0 Å². The molecule has 2 aliphatic heterocycles. The summed E-state index contributed by atoms with van der Waals surface area (Å²) in [5.74, 6) is -1.42. The molecule has 0 aromatic rings. The summed E-state index contributed by atoms with van der Waals surface area (Å²) in [4.78, 5) is 41.4. The lowest BCUT2D eigenvalue weighted by Crippen LogP contribution is -2.31. The lowest BCUT2D eigenvalue weighted by molar-refractivity contribution is -0.197. The van der Waals surface area contributed by atoms with E-state index in [9.17, 15) is 14.4 Å². The van der Waals surface area contributed by atoms with Crippen LogP contribution in [0.3, 0.4) is 0 Å². The largest absolute Gasteiger partial charge is 0.346 e. The molecule has 6 heteroatoms. The van der Waals surface area contributed by atoms with Crippen molar-refractivity contribution >= 4 is 17.8 Å². The number of hydrogen-bond acceptors (Lipinski definition) is 5. The zero-order chi connectivity index (χ0) is 18.4. The number of amides is 2. The predicted molar refractivity (Wildman–Crippen MR) is 93.6 cm³/mol. The smallest absolute Gasteiger partial charge is 0.333 e. The molecule has 0 unspecified atom stereocenters. The van der Waals surface area contributed by atoms with Crippen molar-refractivity contribution in [2.75, 3.05) is 6.54 Å². The minimum atomic E-state index is -0.535. The molecule has 2 fully saturated rings. The molecule has 0 N–H and O–H groups in total. The van der Waals surface area contributed by atoms with Crippen molar-refractivity contribution in [1.82, 2.24) is 9.96 Å². The standard InChI is InChI=1S/C19H26N2O4/c1-14(13-20-15(2)9-10-16(20)3)7-5-4-6-8-19(24)25-21-17(22)11-12-18(21)23/h1-13H2. The minimum absolute atomic E-state index is 0.115. The molecule has 2 amide bonds. The summed E-state index contributed by atoms with van der Waals surface area (Å²) in [7, 11) is 0. The summed E-state index contributed by atoms with van der Waals surface area (Å²) in [5, 5.41) is 0.597. The Bertz CT molecular complexity index is 525. The number of likely N-dealkylation sites (tertiary alicyclic amines) is 1. The van der Waals surface area contributed by atoms with Gasteiger partial charge in [-0.2, -0.15) is 0 Å². The summed E-state index contributed by atoms with van der Waals surface area (Å²) in [5.41, 5.74) is 3.32. The van der Waals surface area contributed by atoms with Crippen molar-refractivity contribution in [1.29, 1.82) is 0 Å². The third kappa shape index (κ3) is 5.31. The van der Waals surface area contributed by atoms with E-state index >= 15 is 0 Å². The number of hydrogen-bond donors (Lipinski definition) is 0. The topological polar surface area (TPSA) is 66.9 Å². The van der Waals surface area contributed by atoms with Crippen LogP contribution in [0.25, 0.3) is 0 Å². The molecule has 0 aromatic carbocycles. The molecule has 6 nitrogen and oxygen atoms in total. The molecule has 2 saturated heterocycles. The maximum Gasteiger partial charge on any atom is 0.333 e. The van der Waals surface area contributed by atoms with Gasteiger partial charge in [-0.15, -0.1) is 5.06 Å². The average Bonchev–Trinajstić information content (AvgIpc) is 3.04. The number of carbonyl (C=O) groups excluding carboxylic acids is 3. The Kier molecular flexibility index (Phi) is 6.56. The Balaban J connectivity index is 1.57. The highest BCUT2D eigenvalue weighted by Crippen LogP contribution is 2.29. The molecule has 0 aliphatic carbocycles. The van der Waals surface area contributed by atoms with Crippen molar-refractivity contribution in [3.63, 3.8) is 0 Å². The highest BCUT2D eigenvalue weighted by molar-refractivity contribution is 6.01. The Hall–Kier alpha value is -2.37. The molecular formula is C19H26N2O4.